The van der Waals surface area contributed by atoms with Gasteiger partial charge in [-0.2, -0.15) is 0 Å². The van der Waals surface area contributed by atoms with Crippen molar-refractivity contribution >= 4 is 37.4 Å². The lowest BCUT2D eigenvalue weighted by molar-refractivity contribution is 0.458. The third-order valence-corrected chi connectivity index (χ3v) is 10.9. The maximum absolute atomic E-state index is 13.3. The van der Waals surface area contributed by atoms with Crippen LogP contribution < -0.4 is 4.74 Å². The lowest BCUT2D eigenvalue weighted by Crippen LogP contribution is -2.22. The van der Waals surface area contributed by atoms with Gasteiger partial charge >= 0.3 is 0 Å². The number of fused-ring (bicyclic) bond motifs is 3. The van der Waals surface area contributed by atoms with Crippen molar-refractivity contribution in [3.05, 3.63) is 169 Å². The van der Waals surface area contributed by atoms with Gasteiger partial charge in [0.1, 0.15) is 5.75 Å². The van der Waals surface area contributed by atoms with E-state index in [1.165, 1.54) is 59.3 Å². The predicted octanol–water partition coefficient (Wildman–Crippen LogP) is 10.8. The van der Waals surface area contributed by atoms with Gasteiger partial charge in [-0.05, 0) is 108 Å². The molecular formula is C41H35BrO2S. The Morgan fingerprint density at radius 3 is 1.93 bits per heavy atom. The van der Waals surface area contributed by atoms with Crippen LogP contribution in [0.1, 0.15) is 64.5 Å². The maximum atomic E-state index is 13.3. The summed E-state index contributed by atoms with van der Waals surface area (Å²) in [5, 5.41) is 12.0. The summed E-state index contributed by atoms with van der Waals surface area (Å²) < 4.78 is 1.84. The highest BCUT2D eigenvalue weighted by Crippen LogP contribution is 2.46. The molecule has 5 aromatic carbocycles. The summed E-state index contributed by atoms with van der Waals surface area (Å²) in [7, 11) is 0. The molecule has 1 aromatic heterocycles. The zero-order valence-electron chi connectivity index (χ0n) is 25.1. The largest absolute Gasteiger partial charge is 0.507 e. The van der Waals surface area contributed by atoms with Crippen molar-refractivity contribution in [2.45, 2.75) is 50.4 Å². The highest BCUT2D eigenvalue weighted by Gasteiger charge is 2.32. The first-order chi connectivity index (χ1) is 22.0. The van der Waals surface area contributed by atoms with E-state index in [1.54, 1.807) is 11.1 Å². The molecule has 0 fully saturated rings. The summed E-state index contributed by atoms with van der Waals surface area (Å²) in [5.41, 5.74) is 9.74. The summed E-state index contributed by atoms with van der Waals surface area (Å²) in [6, 6.07) is 41.9. The van der Waals surface area contributed by atoms with E-state index in [0.29, 0.717) is 5.56 Å². The lowest BCUT2D eigenvalue weighted by Gasteiger charge is -2.32. The normalized spacial score (nSPS) is 17.1. The summed E-state index contributed by atoms with van der Waals surface area (Å²) in [6.07, 6.45) is 7.10. The fourth-order valence-electron chi connectivity index (χ4n) is 7.07. The van der Waals surface area contributed by atoms with Crippen LogP contribution in [-0.4, -0.2) is 5.11 Å². The first-order valence-corrected chi connectivity index (χ1v) is 17.4. The quantitative estimate of drug-likeness (QED) is 0.203. The third kappa shape index (κ3) is 6.27. The van der Waals surface area contributed by atoms with Crippen molar-refractivity contribution in [1.29, 1.82) is 0 Å². The molecule has 0 bridgehead atoms. The molecule has 224 valence electrons. The lowest BCUT2D eigenvalue weighted by atomic mass is 9.72. The van der Waals surface area contributed by atoms with Gasteiger partial charge in [0.2, 0.25) is 4.74 Å². The van der Waals surface area contributed by atoms with E-state index < -0.39 is 0 Å². The molecule has 1 N–H and O–H groups in total. The number of aromatic hydroxyl groups is 1. The van der Waals surface area contributed by atoms with E-state index in [0.717, 1.165) is 33.0 Å². The van der Waals surface area contributed by atoms with Crippen molar-refractivity contribution in [2.24, 2.45) is 0 Å². The SMILES string of the molecule is O=c1sc2ccccc2c(O)c1C1CC(c2ccc(-c3ccc(Br)cc3)cc2)Cc2ccccc21.c1ccc2c(c1)CCCC2. The minimum absolute atomic E-state index is 0.0489. The molecule has 2 unspecified atom stereocenters. The molecular weight excluding hydrogens is 636 g/mol. The molecule has 45 heavy (non-hydrogen) atoms. The molecule has 0 saturated heterocycles. The highest BCUT2D eigenvalue weighted by atomic mass is 79.9. The fourth-order valence-corrected chi connectivity index (χ4v) is 8.30. The molecule has 2 nitrogen and oxygen atoms in total. The van der Waals surface area contributed by atoms with Gasteiger partial charge in [0.15, 0.2) is 0 Å². The Hall–Kier alpha value is -3.99. The monoisotopic (exact) mass is 670 g/mol. The van der Waals surface area contributed by atoms with Crippen molar-refractivity contribution < 1.29 is 5.11 Å². The Bertz CT molecular complexity index is 1980. The molecule has 2 aliphatic carbocycles. The molecule has 0 radical (unpaired) electrons. The number of hydrogen-bond acceptors (Lipinski definition) is 3. The third-order valence-electron chi connectivity index (χ3n) is 9.41. The number of aryl methyl sites for hydroxylation is 2. The maximum Gasteiger partial charge on any atom is 0.240 e. The fraction of sp³-hybridized carbons (Fsp3) is 0.195. The first kappa shape index (κ1) is 29.7. The average Bonchev–Trinajstić information content (AvgIpc) is 3.09. The molecule has 0 amide bonds. The molecule has 0 spiro atoms. The second kappa shape index (κ2) is 13.2. The van der Waals surface area contributed by atoms with Gasteiger partial charge in [0.05, 0.1) is 5.56 Å². The molecule has 6 aromatic rings. The number of halogens is 1. The Morgan fingerprint density at radius 1 is 0.667 bits per heavy atom. The Kier molecular flexibility index (Phi) is 8.69. The number of hydrogen-bond donors (Lipinski definition) is 1. The smallest absolute Gasteiger partial charge is 0.240 e. The number of benzene rings is 5. The minimum atomic E-state index is -0.135. The van der Waals surface area contributed by atoms with Gasteiger partial charge in [-0.25, -0.2) is 0 Å². The Labute approximate surface area is 277 Å². The van der Waals surface area contributed by atoms with E-state index in [4.69, 9.17) is 0 Å². The molecule has 2 aliphatic rings. The Balaban J connectivity index is 0.000000275. The zero-order valence-corrected chi connectivity index (χ0v) is 27.5. The molecule has 2 atom stereocenters. The van der Waals surface area contributed by atoms with Crippen LogP contribution in [0.4, 0.5) is 0 Å². The first-order valence-electron chi connectivity index (χ1n) is 15.8. The Morgan fingerprint density at radius 2 is 1.24 bits per heavy atom. The van der Waals surface area contributed by atoms with Crippen LogP contribution in [0.3, 0.4) is 0 Å². The van der Waals surface area contributed by atoms with Gasteiger partial charge in [-0.15, -0.1) is 0 Å². The van der Waals surface area contributed by atoms with E-state index in [-0.39, 0.29) is 22.3 Å². The second-order valence-corrected chi connectivity index (χ2v) is 14.1. The minimum Gasteiger partial charge on any atom is -0.507 e. The van der Waals surface area contributed by atoms with Gasteiger partial charge in [0.25, 0.3) is 0 Å². The molecule has 8 rings (SSSR count). The standard InChI is InChI=1S/C31H23BrO2S.C10H12/c32-24-15-13-20(14-16-24)19-9-11-21(12-10-19)23-17-22-5-1-2-6-25(22)27(18-23)29-30(33)26-7-3-4-8-28(26)35-31(29)34;1-2-6-10-8-4-3-7-9(10)5-1/h1-16,23,27,33H,17-18H2;1-2,5-6H,3-4,7-8H2. The molecule has 0 saturated carbocycles. The van der Waals surface area contributed by atoms with Crippen LogP contribution in [0.15, 0.2) is 131 Å². The van der Waals surface area contributed by atoms with Crippen LogP contribution in [-0.2, 0) is 19.3 Å². The summed E-state index contributed by atoms with van der Waals surface area (Å²) in [4.78, 5) is 13.3. The van der Waals surface area contributed by atoms with E-state index in [2.05, 4.69) is 107 Å². The van der Waals surface area contributed by atoms with Crippen LogP contribution >= 0.6 is 27.3 Å². The van der Waals surface area contributed by atoms with E-state index in [1.807, 2.05) is 30.3 Å². The summed E-state index contributed by atoms with van der Waals surface area (Å²) >= 11 is 4.73. The molecule has 1 heterocycles. The average molecular weight is 672 g/mol. The van der Waals surface area contributed by atoms with Crippen molar-refractivity contribution in [3.8, 4) is 16.9 Å². The van der Waals surface area contributed by atoms with Gasteiger partial charge < -0.3 is 5.11 Å². The van der Waals surface area contributed by atoms with Crippen molar-refractivity contribution in [3.63, 3.8) is 0 Å². The predicted molar refractivity (Wildman–Crippen MR) is 192 cm³/mol. The van der Waals surface area contributed by atoms with Crippen LogP contribution in [0.5, 0.6) is 5.75 Å². The highest BCUT2D eigenvalue weighted by molar-refractivity contribution is 9.10. The van der Waals surface area contributed by atoms with E-state index in [9.17, 15) is 9.90 Å². The van der Waals surface area contributed by atoms with E-state index >= 15 is 0 Å². The zero-order chi connectivity index (χ0) is 30.8. The van der Waals surface area contributed by atoms with Crippen LogP contribution in [0, 0.1) is 0 Å². The van der Waals surface area contributed by atoms with Crippen LogP contribution in [0.25, 0.3) is 21.2 Å². The van der Waals surface area contributed by atoms with Gasteiger partial charge in [-0.3, -0.25) is 4.79 Å². The van der Waals surface area contributed by atoms with Crippen molar-refractivity contribution in [2.75, 3.05) is 0 Å². The summed E-state index contributed by atoms with van der Waals surface area (Å²) in [5.74, 6) is 0.268. The van der Waals surface area contributed by atoms with Crippen LogP contribution in [0.2, 0.25) is 0 Å². The summed E-state index contributed by atoms with van der Waals surface area (Å²) in [6.45, 7) is 0. The second-order valence-electron chi connectivity index (χ2n) is 12.1. The molecule has 4 heteroatoms. The number of rotatable bonds is 3. The topological polar surface area (TPSA) is 37.3 Å². The van der Waals surface area contributed by atoms with Gasteiger partial charge in [0, 0.05) is 20.5 Å². The van der Waals surface area contributed by atoms with Gasteiger partial charge in [-0.1, -0.05) is 124 Å². The molecule has 0 aliphatic heterocycles. The van der Waals surface area contributed by atoms with Crippen molar-refractivity contribution in [1.82, 2.24) is 0 Å².